The van der Waals surface area contributed by atoms with E-state index in [2.05, 4.69) is 34.5 Å². The van der Waals surface area contributed by atoms with Crippen LogP contribution < -0.4 is 5.73 Å². The highest BCUT2D eigenvalue weighted by atomic mass is 32.1. The molecular weight excluding hydrogens is 232 g/mol. The lowest BCUT2D eigenvalue weighted by Crippen LogP contribution is -2.34. The maximum absolute atomic E-state index is 6.00. The molecule has 90 valence electrons. The van der Waals surface area contributed by atoms with Gasteiger partial charge in [0.15, 0.2) is 5.82 Å². The normalized spacial score (nSPS) is 23.6. The maximum Gasteiger partial charge on any atom is 0.156 e. The van der Waals surface area contributed by atoms with Crippen LogP contribution in [0.15, 0.2) is 17.5 Å². The van der Waals surface area contributed by atoms with E-state index in [1.807, 2.05) is 4.68 Å². The number of hydrogen-bond donors (Lipinski definition) is 1. The maximum atomic E-state index is 6.00. The summed E-state index contributed by atoms with van der Waals surface area (Å²) >= 11 is 1.75. The molecule has 2 N–H and O–H groups in total. The van der Waals surface area contributed by atoms with Crippen LogP contribution in [0.1, 0.15) is 35.8 Å². The topological polar surface area (TPSA) is 56.7 Å². The first-order chi connectivity index (χ1) is 8.22. The molecule has 1 aliphatic heterocycles. The first kappa shape index (κ1) is 10.9. The quantitative estimate of drug-likeness (QED) is 0.881. The van der Waals surface area contributed by atoms with Crippen LogP contribution in [0, 0.1) is 0 Å². The van der Waals surface area contributed by atoms with E-state index in [1.54, 1.807) is 11.3 Å². The van der Waals surface area contributed by atoms with Crippen LogP contribution in [0.4, 0.5) is 0 Å². The Morgan fingerprint density at radius 1 is 1.59 bits per heavy atom. The summed E-state index contributed by atoms with van der Waals surface area (Å²) in [6.07, 6.45) is 1.84. The smallest absolute Gasteiger partial charge is 0.156 e. The van der Waals surface area contributed by atoms with Gasteiger partial charge in [-0.1, -0.05) is 13.0 Å². The van der Waals surface area contributed by atoms with Crippen molar-refractivity contribution in [2.24, 2.45) is 5.73 Å². The van der Waals surface area contributed by atoms with E-state index in [0.29, 0.717) is 5.92 Å². The Morgan fingerprint density at radius 3 is 3.24 bits per heavy atom. The molecule has 3 rings (SSSR count). The molecule has 0 amide bonds. The van der Waals surface area contributed by atoms with Gasteiger partial charge in [0.25, 0.3) is 0 Å². The molecular formula is C12H16N4S. The third-order valence-corrected chi connectivity index (χ3v) is 4.04. The highest BCUT2D eigenvalue weighted by Crippen LogP contribution is 2.24. The number of nitrogens with two attached hydrogens (primary N) is 1. The van der Waals surface area contributed by atoms with E-state index in [4.69, 9.17) is 5.73 Å². The van der Waals surface area contributed by atoms with Crippen molar-refractivity contribution in [3.05, 3.63) is 34.0 Å². The summed E-state index contributed by atoms with van der Waals surface area (Å²) in [6, 6.07) is 4.41. The fraction of sp³-hybridized carbons (Fsp3) is 0.500. The lowest BCUT2D eigenvalue weighted by atomic mass is 9.98. The van der Waals surface area contributed by atoms with Crippen LogP contribution in [-0.2, 0) is 13.0 Å². The standard InChI is InChI=1S/C12H16N4S/c1-8-5-9(13)7-16-12(8)14-11(15-16)6-10-3-2-4-17-10/h2-4,8-9H,5-7,13H2,1H3. The number of fused-ring (bicyclic) bond motifs is 1. The molecule has 4 nitrogen and oxygen atoms in total. The summed E-state index contributed by atoms with van der Waals surface area (Å²) in [7, 11) is 0. The Morgan fingerprint density at radius 2 is 2.47 bits per heavy atom. The molecule has 17 heavy (non-hydrogen) atoms. The molecule has 2 unspecified atom stereocenters. The Labute approximate surface area is 104 Å². The zero-order valence-corrected chi connectivity index (χ0v) is 10.7. The Balaban J connectivity index is 1.86. The SMILES string of the molecule is CC1CC(N)Cn2nc(Cc3cccs3)nc21. The highest BCUT2D eigenvalue weighted by molar-refractivity contribution is 7.09. The number of aromatic nitrogens is 3. The number of rotatable bonds is 2. The van der Waals surface area contributed by atoms with Gasteiger partial charge in [-0.05, 0) is 17.9 Å². The van der Waals surface area contributed by atoms with E-state index < -0.39 is 0 Å². The first-order valence-electron chi connectivity index (χ1n) is 5.94. The third kappa shape index (κ3) is 2.12. The summed E-state index contributed by atoms with van der Waals surface area (Å²) in [5.41, 5.74) is 6.00. The fourth-order valence-corrected chi connectivity index (χ4v) is 3.10. The van der Waals surface area contributed by atoms with Gasteiger partial charge in [0, 0.05) is 23.3 Å². The summed E-state index contributed by atoms with van der Waals surface area (Å²) in [6.45, 7) is 2.98. The second kappa shape index (κ2) is 4.23. The lowest BCUT2D eigenvalue weighted by molar-refractivity contribution is 0.381. The van der Waals surface area contributed by atoms with Crippen molar-refractivity contribution >= 4 is 11.3 Å². The van der Waals surface area contributed by atoms with E-state index in [9.17, 15) is 0 Å². The Kier molecular flexibility index (Phi) is 2.72. The van der Waals surface area contributed by atoms with E-state index >= 15 is 0 Å². The molecule has 0 spiro atoms. The Bertz CT molecular complexity index is 503. The van der Waals surface area contributed by atoms with Crippen molar-refractivity contribution in [2.75, 3.05) is 0 Å². The van der Waals surface area contributed by atoms with Crippen LogP contribution in [0.25, 0.3) is 0 Å². The molecule has 2 aromatic heterocycles. The average Bonchev–Trinajstić information content (AvgIpc) is 2.87. The van der Waals surface area contributed by atoms with Crippen LogP contribution in [-0.4, -0.2) is 20.8 Å². The largest absolute Gasteiger partial charge is 0.326 e. The lowest BCUT2D eigenvalue weighted by Gasteiger charge is -2.23. The third-order valence-electron chi connectivity index (χ3n) is 3.16. The minimum atomic E-state index is 0.216. The molecule has 3 heterocycles. The van der Waals surface area contributed by atoms with Gasteiger partial charge in [-0.25, -0.2) is 9.67 Å². The molecule has 0 aromatic carbocycles. The molecule has 2 atom stereocenters. The molecule has 0 bridgehead atoms. The van der Waals surface area contributed by atoms with Crippen molar-refractivity contribution in [1.29, 1.82) is 0 Å². The first-order valence-corrected chi connectivity index (χ1v) is 6.82. The van der Waals surface area contributed by atoms with Crippen molar-refractivity contribution < 1.29 is 0 Å². The summed E-state index contributed by atoms with van der Waals surface area (Å²) in [4.78, 5) is 5.95. The fourth-order valence-electron chi connectivity index (χ4n) is 2.40. The van der Waals surface area contributed by atoms with Crippen LogP contribution in [0.5, 0.6) is 0 Å². The predicted molar refractivity (Wildman–Crippen MR) is 68.2 cm³/mol. The van der Waals surface area contributed by atoms with Gasteiger partial charge >= 0.3 is 0 Å². The van der Waals surface area contributed by atoms with Gasteiger partial charge in [-0.3, -0.25) is 0 Å². The molecule has 2 aromatic rings. The molecule has 0 aliphatic carbocycles. The van der Waals surface area contributed by atoms with Crippen molar-refractivity contribution in [3.63, 3.8) is 0 Å². The van der Waals surface area contributed by atoms with Crippen LogP contribution in [0.2, 0.25) is 0 Å². The minimum absolute atomic E-state index is 0.216. The summed E-state index contributed by atoms with van der Waals surface area (Å²) in [5.74, 6) is 2.44. The molecule has 0 saturated carbocycles. The molecule has 1 aliphatic rings. The van der Waals surface area contributed by atoms with Gasteiger partial charge in [-0.15, -0.1) is 11.3 Å². The monoisotopic (exact) mass is 248 g/mol. The molecule has 0 radical (unpaired) electrons. The van der Waals surface area contributed by atoms with Gasteiger partial charge < -0.3 is 5.73 Å². The highest BCUT2D eigenvalue weighted by Gasteiger charge is 2.25. The van der Waals surface area contributed by atoms with Crippen molar-refractivity contribution in [3.8, 4) is 0 Å². The molecule has 0 fully saturated rings. The van der Waals surface area contributed by atoms with Gasteiger partial charge in [0.05, 0.1) is 6.54 Å². The van der Waals surface area contributed by atoms with Gasteiger partial charge in [0.1, 0.15) is 5.82 Å². The van der Waals surface area contributed by atoms with Gasteiger partial charge in [-0.2, -0.15) is 5.10 Å². The number of thiophene rings is 1. The number of hydrogen-bond acceptors (Lipinski definition) is 4. The van der Waals surface area contributed by atoms with E-state index in [-0.39, 0.29) is 6.04 Å². The van der Waals surface area contributed by atoms with E-state index in [1.165, 1.54) is 4.88 Å². The molecule has 5 heteroatoms. The number of nitrogens with zero attached hydrogens (tertiary/aromatic N) is 3. The van der Waals surface area contributed by atoms with Crippen molar-refractivity contribution in [1.82, 2.24) is 14.8 Å². The van der Waals surface area contributed by atoms with E-state index in [0.717, 1.165) is 31.0 Å². The Hall–Kier alpha value is -1.20. The zero-order chi connectivity index (χ0) is 11.8. The van der Waals surface area contributed by atoms with Crippen LogP contribution >= 0.6 is 11.3 Å². The zero-order valence-electron chi connectivity index (χ0n) is 9.84. The minimum Gasteiger partial charge on any atom is -0.326 e. The summed E-state index contributed by atoms with van der Waals surface area (Å²) < 4.78 is 1.99. The molecule has 0 saturated heterocycles. The van der Waals surface area contributed by atoms with Gasteiger partial charge in [0.2, 0.25) is 0 Å². The van der Waals surface area contributed by atoms with Crippen LogP contribution in [0.3, 0.4) is 0 Å². The average molecular weight is 248 g/mol. The second-order valence-electron chi connectivity index (χ2n) is 4.72. The predicted octanol–water partition coefficient (Wildman–Crippen LogP) is 1.76. The second-order valence-corrected chi connectivity index (χ2v) is 5.75. The summed E-state index contributed by atoms with van der Waals surface area (Å²) in [5, 5.41) is 6.65. The van der Waals surface area contributed by atoms with Crippen molar-refractivity contribution in [2.45, 2.75) is 38.3 Å².